The summed E-state index contributed by atoms with van der Waals surface area (Å²) in [5.41, 5.74) is 4.46. The Labute approximate surface area is 104 Å². The van der Waals surface area contributed by atoms with Crippen LogP contribution >= 0.6 is 0 Å². The molecule has 2 atom stereocenters. The number of benzene rings is 1. The summed E-state index contributed by atoms with van der Waals surface area (Å²) in [6, 6.07) is 8.78. The van der Waals surface area contributed by atoms with Crippen molar-refractivity contribution in [1.82, 2.24) is 0 Å². The molecular formula is C16H21N. The molecule has 1 heterocycles. The van der Waals surface area contributed by atoms with Crippen molar-refractivity contribution in [3.8, 4) is 0 Å². The summed E-state index contributed by atoms with van der Waals surface area (Å²) in [6.07, 6.45) is 6.50. The van der Waals surface area contributed by atoms with Gasteiger partial charge in [0.1, 0.15) is 0 Å². The molecule has 1 aromatic rings. The Kier molecular flexibility index (Phi) is 2.57. The number of aliphatic imine (C=N–C) groups is 1. The minimum Gasteiger partial charge on any atom is -0.257 e. The van der Waals surface area contributed by atoms with Crippen LogP contribution in [0.2, 0.25) is 0 Å². The maximum absolute atomic E-state index is 4.91. The molecule has 1 saturated carbocycles. The van der Waals surface area contributed by atoms with Crippen molar-refractivity contribution in [2.45, 2.75) is 51.4 Å². The first-order valence-corrected chi connectivity index (χ1v) is 6.96. The summed E-state index contributed by atoms with van der Waals surface area (Å²) in [7, 11) is 0. The number of para-hydroxylation sites is 1. The van der Waals surface area contributed by atoms with Crippen LogP contribution in [0.5, 0.6) is 0 Å². The molecule has 0 N–H and O–H groups in total. The summed E-state index contributed by atoms with van der Waals surface area (Å²) in [5.74, 6) is 0.749. The van der Waals surface area contributed by atoms with E-state index in [1.54, 1.807) is 0 Å². The van der Waals surface area contributed by atoms with Crippen LogP contribution in [0.15, 0.2) is 29.3 Å². The Morgan fingerprint density at radius 1 is 1.29 bits per heavy atom. The third-order valence-corrected chi connectivity index (χ3v) is 4.79. The van der Waals surface area contributed by atoms with E-state index >= 15 is 0 Å². The third kappa shape index (κ3) is 1.41. The van der Waals surface area contributed by atoms with Crippen molar-refractivity contribution in [2.24, 2.45) is 10.9 Å². The molecular weight excluding hydrogens is 206 g/mol. The Hall–Kier alpha value is -1.11. The first kappa shape index (κ1) is 11.0. The zero-order valence-corrected chi connectivity index (χ0v) is 10.9. The molecule has 0 amide bonds. The van der Waals surface area contributed by atoms with Crippen molar-refractivity contribution in [3.05, 3.63) is 29.8 Å². The molecule has 1 spiro atoms. The molecule has 1 nitrogen and oxygen atoms in total. The number of hydrogen-bond acceptors (Lipinski definition) is 1. The predicted octanol–water partition coefficient (Wildman–Crippen LogP) is 4.63. The van der Waals surface area contributed by atoms with Gasteiger partial charge in [-0.3, -0.25) is 4.99 Å². The van der Waals surface area contributed by atoms with E-state index in [1.807, 2.05) is 0 Å². The van der Waals surface area contributed by atoms with Gasteiger partial charge in [0, 0.05) is 11.1 Å². The fraction of sp³-hybridized carbons (Fsp3) is 0.562. The molecule has 2 aliphatic rings. The molecule has 3 rings (SSSR count). The Morgan fingerprint density at radius 2 is 2.12 bits per heavy atom. The van der Waals surface area contributed by atoms with Gasteiger partial charge in [0.25, 0.3) is 0 Å². The van der Waals surface area contributed by atoms with Crippen LogP contribution in [0, 0.1) is 5.92 Å². The predicted molar refractivity (Wildman–Crippen MR) is 73.1 cm³/mol. The second-order valence-electron chi connectivity index (χ2n) is 5.55. The standard InChI is InChI=1S/C16H21N/c1-3-15-16(11-7-6-8-12(16)2)13-9-4-5-10-14(13)17-15/h4-5,9-10,12H,3,6-8,11H2,1-2H3/t12-,16-/m0/s1. The molecule has 17 heavy (non-hydrogen) atoms. The molecule has 90 valence electrons. The van der Waals surface area contributed by atoms with Gasteiger partial charge in [-0.2, -0.15) is 0 Å². The lowest BCUT2D eigenvalue weighted by Crippen LogP contribution is -2.41. The van der Waals surface area contributed by atoms with Gasteiger partial charge in [0.15, 0.2) is 0 Å². The van der Waals surface area contributed by atoms with Gasteiger partial charge < -0.3 is 0 Å². The summed E-state index contributed by atoms with van der Waals surface area (Å²) in [4.78, 5) is 4.91. The largest absolute Gasteiger partial charge is 0.257 e. The fourth-order valence-corrected chi connectivity index (χ4v) is 3.92. The van der Waals surface area contributed by atoms with E-state index in [9.17, 15) is 0 Å². The molecule has 1 heteroatoms. The summed E-state index contributed by atoms with van der Waals surface area (Å²) < 4.78 is 0. The number of rotatable bonds is 1. The molecule has 0 aromatic heterocycles. The maximum Gasteiger partial charge on any atom is 0.0671 e. The highest BCUT2D eigenvalue weighted by Gasteiger charge is 2.47. The lowest BCUT2D eigenvalue weighted by atomic mass is 9.61. The van der Waals surface area contributed by atoms with E-state index in [0.29, 0.717) is 0 Å². The molecule has 1 aliphatic carbocycles. The van der Waals surface area contributed by atoms with Crippen LogP contribution < -0.4 is 0 Å². The van der Waals surface area contributed by atoms with Crippen LogP contribution in [-0.2, 0) is 5.41 Å². The number of fused-ring (bicyclic) bond motifs is 2. The van der Waals surface area contributed by atoms with E-state index in [-0.39, 0.29) is 5.41 Å². The summed E-state index contributed by atoms with van der Waals surface area (Å²) in [6.45, 7) is 4.68. The first-order chi connectivity index (χ1) is 8.29. The highest BCUT2D eigenvalue weighted by atomic mass is 14.8. The monoisotopic (exact) mass is 227 g/mol. The van der Waals surface area contributed by atoms with Gasteiger partial charge in [0.2, 0.25) is 0 Å². The average Bonchev–Trinajstić information content (AvgIpc) is 2.68. The van der Waals surface area contributed by atoms with Crippen LogP contribution in [0.4, 0.5) is 5.69 Å². The smallest absolute Gasteiger partial charge is 0.0671 e. The minimum atomic E-state index is 0.281. The summed E-state index contributed by atoms with van der Waals surface area (Å²) in [5, 5.41) is 0. The van der Waals surface area contributed by atoms with Crippen LogP contribution in [0.25, 0.3) is 0 Å². The molecule has 1 fully saturated rings. The van der Waals surface area contributed by atoms with Crippen molar-refractivity contribution < 1.29 is 0 Å². The Morgan fingerprint density at radius 3 is 2.88 bits per heavy atom. The van der Waals surface area contributed by atoms with Crippen molar-refractivity contribution >= 4 is 11.4 Å². The van der Waals surface area contributed by atoms with Crippen LogP contribution in [0.1, 0.15) is 51.5 Å². The molecule has 0 bridgehead atoms. The quantitative estimate of drug-likeness (QED) is 0.663. The molecule has 0 unspecified atom stereocenters. The zero-order chi connectivity index (χ0) is 11.9. The van der Waals surface area contributed by atoms with E-state index in [4.69, 9.17) is 4.99 Å². The van der Waals surface area contributed by atoms with Gasteiger partial charge >= 0.3 is 0 Å². The second kappa shape index (κ2) is 3.97. The topological polar surface area (TPSA) is 12.4 Å². The maximum atomic E-state index is 4.91. The van der Waals surface area contributed by atoms with E-state index in [2.05, 4.69) is 38.1 Å². The van der Waals surface area contributed by atoms with Crippen molar-refractivity contribution in [3.63, 3.8) is 0 Å². The lowest BCUT2D eigenvalue weighted by molar-refractivity contribution is 0.275. The van der Waals surface area contributed by atoms with Crippen LogP contribution in [-0.4, -0.2) is 5.71 Å². The molecule has 1 aliphatic heterocycles. The van der Waals surface area contributed by atoms with Crippen molar-refractivity contribution in [2.75, 3.05) is 0 Å². The zero-order valence-electron chi connectivity index (χ0n) is 10.9. The van der Waals surface area contributed by atoms with Crippen molar-refractivity contribution in [1.29, 1.82) is 0 Å². The minimum absolute atomic E-state index is 0.281. The van der Waals surface area contributed by atoms with Gasteiger partial charge in [-0.05, 0) is 36.8 Å². The van der Waals surface area contributed by atoms with E-state index < -0.39 is 0 Å². The second-order valence-corrected chi connectivity index (χ2v) is 5.55. The first-order valence-electron chi connectivity index (χ1n) is 6.96. The van der Waals surface area contributed by atoms with E-state index in [1.165, 1.54) is 42.6 Å². The highest BCUT2D eigenvalue weighted by Crippen LogP contribution is 2.52. The molecule has 1 aromatic carbocycles. The van der Waals surface area contributed by atoms with Gasteiger partial charge in [-0.25, -0.2) is 0 Å². The highest BCUT2D eigenvalue weighted by molar-refractivity contribution is 6.02. The van der Waals surface area contributed by atoms with Crippen LogP contribution in [0.3, 0.4) is 0 Å². The molecule has 0 saturated heterocycles. The fourth-order valence-electron chi connectivity index (χ4n) is 3.92. The summed E-state index contributed by atoms with van der Waals surface area (Å²) >= 11 is 0. The average molecular weight is 227 g/mol. The lowest BCUT2D eigenvalue weighted by Gasteiger charge is -2.41. The number of hydrogen-bond donors (Lipinski definition) is 0. The van der Waals surface area contributed by atoms with Gasteiger partial charge in [0.05, 0.1) is 5.69 Å². The van der Waals surface area contributed by atoms with Gasteiger partial charge in [-0.15, -0.1) is 0 Å². The Balaban J connectivity index is 2.16. The number of nitrogens with zero attached hydrogens (tertiary/aromatic N) is 1. The SMILES string of the molecule is CCC1=Nc2ccccc2[C@@]12CCCC[C@@H]2C. The molecule has 0 radical (unpaired) electrons. The normalized spacial score (nSPS) is 31.4. The third-order valence-electron chi connectivity index (χ3n) is 4.79. The van der Waals surface area contributed by atoms with E-state index in [0.717, 1.165) is 12.3 Å². The Bertz CT molecular complexity index is 460. The van der Waals surface area contributed by atoms with Gasteiger partial charge in [-0.1, -0.05) is 44.9 Å².